The fraction of sp³-hybridized carbons (Fsp3) is 0.0909. The molecule has 18 heavy (non-hydrogen) atoms. The van der Waals surface area contributed by atoms with E-state index in [1.807, 2.05) is 0 Å². The number of alkyl halides is 3. The van der Waals surface area contributed by atoms with Gasteiger partial charge in [0.05, 0.1) is 11.3 Å². The van der Waals surface area contributed by atoms with Gasteiger partial charge in [-0.1, -0.05) is 23.7 Å². The molecule has 2 aromatic rings. The fourth-order valence-corrected chi connectivity index (χ4v) is 1.53. The minimum atomic E-state index is -4.43. The lowest BCUT2D eigenvalue weighted by Gasteiger charge is -2.13. The van der Waals surface area contributed by atoms with Crippen LogP contribution in [0.1, 0.15) is 5.56 Å². The molecule has 0 aliphatic heterocycles. The number of benzene rings is 1. The summed E-state index contributed by atoms with van der Waals surface area (Å²) >= 11 is 5.63. The molecular formula is C11H7ClF3N3. The number of para-hydroxylation sites is 1. The van der Waals surface area contributed by atoms with Crippen molar-refractivity contribution in [1.29, 1.82) is 0 Å². The molecule has 1 N–H and O–H groups in total. The number of halogens is 4. The molecule has 0 fully saturated rings. The van der Waals surface area contributed by atoms with Crippen LogP contribution in [0.4, 0.5) is 24.7 Å². The van der Waals surface area contributed by atoms with Crippen molar-refractivity contribution in [2.75, 3.05) is 5.32 Å². The summed E-state index contributed by atoms with van der Waals surface area (Å²) in [4.78, 5) is 7.43. The minimum Gasteiger partial charge on any atom is -0.340 e. The van der Waals surface area contributed by atoms with Gasteiger partial charge in [-0.3, -0.25) is 0 Å². The second-order valence-corrected chi connectivity index (χ2v) is 3.78. The first kappa shape index (κ1) is 12.6. The van der Waals surface area contributed by atoms with E-state index in [0.29, 0.717) is 0 Å². The lowest BCUT2D eigenvalue weighted by Crippen LogP contribution is -2.09. The fourth-order valence-electron chi connectivity index (χ4n) is 1.38. The molecule has 0 atom stereocenters. The van der Waals surface area contributed by atoms with Gasteiger partial charge >= 0.3 is 6.18 Å². The van der Waals surface area contributed by atoms with Crippen molar-refractivity contribution >= 4 is 23.1 Å². The maximum absolute atomic E-state index is 12.7. The number of aromatic nitrogens is 2. The third kappa shape index (κ3) is 2.89. The highest BCUT2D eigenvalue weighted by Gasteiger charge is 2.33. The Balaban J connectivity index is 2.35. The Morgan fingerprint density at radius 1 is 1.11 bits per heavy atom. The lowest BCUT2D eigenvalue weighted by molar-refractivity contribution is -0.136. The molecule has 1 aromatic heterocycles. The highest BCUT2D eigenvalue weighted by Crippen LogP contribution is 2.35. The summed E-state index contributed by atoms with van der Waals surface area (Å²) in [6.45, 7) is 0. The molecule has 0 amide bonds. The molecular weight excluding hydrogens is 267 g/mol. The standard InChI is InChI=1S/C11H7ClF3N3/c12-9-5-10(17-6-16-9)18-8-4-2-1-3-7(8)11(13,14)15/h1-6H,(H,16,17,18). The molecule has 0 saturated carbocycles. The van der Waals surface area contributed by atoms with E-state index in [4.69, 9.17) is 11.6 Å². The molecule has 1 heterocycles. The molecule has 3 nitrogen and oxygen atoms in total. The third-order valence-corrected chi connectivity index (χ3v) is 2.34. The van der Waals surface area contributed by atoms with E-state index in [2.05, 4.69) is 15.3 Å². The maximum atomic E-state index is 12.7. The molecule has 0 unspecified atom stereocenters. The van der Waals surface area contributed by atoms with Crippen LogP contribution in [0.15, 0.2) is 36.7 Å². The van der Waals surface area contributed by atoms with Crippen LogP contribution in [0, 0.1) is 0 Å². The van der Waals surface area contributed by atoms with Gasteiger partial charge < -0.3 is 5.32 Å². The van der Waals surface area contributed by atoms with Gasteiger partial charge in [0.2, 0.25) is 0 Å². The third-order valence-electron chi connectivity index (χ3n) is 2.13. The second-order valence-electron chi connectivity index (χ2n) is 3.39. The van der Waals surface area contributed by atoms with Crippen LogP contribution in [0.25, 0.3) is 0 Å². The van der Waals surface area contributed by atoms with E-state index in [-0.39, 0.29) is 16.7 Å². The summed E-state index contributed by atoms with van der Waals surface area (Å²) in [5.41, 5.74) is -0.848. The number of anilines is 2. The molecule has 2 rings (SSSR count). The van der Waals surface area contributed by atoms with Gasteiger partial charge in [-0.05, 0) is 12.1 Å². The minimum absolute atomic E-state index is 0.0835. The average molecular weight is 274 g/mol. The molecule has 0 saturated heterocycles. The van der Waals surface area contributed by atoms with Gasteiger partial charge in [0, 0.05) is 6.07 Å². The Hall–Kier alpha value is -1.82. The van der Waals surface area contributed by atoms with Crippen LogP contribution >= 0.6 is 11.6 Å². The van der Waals surface area contributed by atoms with Crippen molar-refractivity contribution in [3.63, 3.8) is 0 Å². The Bertz CT molecular complexity index is 557. The summed E-state index contributed by atoms with van der Waals surface area (Å²) in [5.74, 6) is 0.201. The highest BCUT2D eigenvalue weighted by molar-refractivity contribution is 6.29. The van der Waals surface area contributed by atoms with Gasteiger partial charge in [0.25, 0.3) is 0 Å². The van der Waals surface area contributed by atoms with Crippen molar-refractivity contribution in [3.05, 3.63) is 47.4 Å². The number of nitrogens with one attached hydrogen (secondary N) is 1. The van der Waals surface area contributed by atoms with E-state index in [0.717, 1.165) is 6.07 Å². The van der Waals surface area contributed by atoms with Crippen molar-refractivity contribution < 1.29 is 13.2 Å². The summed E-state index contributed by atoms with van der Waals surface area (Å²) in [5, 5.41) is 2.71. The topological polar surface area (TPSA) is 37.8 Å². The normalized spacial score (nSPS) is 11.3. The smallest absolute Gasteiger partial charge is 0.340 e. The van der Waals surface area contributed by atoms with Crippen LogP contribution < -0.4 is 5.32 Å². The first-order valence-electron chi connectivity index (χ1n) is 4.87. The van der Waals surface area contributed by atoms with Crippen molar-refractivity contribution in [2.45, 2.75) is 6.18 Å². The number of hydrogen-bond donors (Lipinski definition) is 1. The van der Waals surface area contributed by atoms with Crippen LogP contribution in [-0.2, 0) is 6.18 Å². The zero-order valence-corrected chi connectivity index (χ0v) is 9.63. The largest absolute Gasteiger partial charge is 0.418 e. The van der Waals surface area contributed by atoms with Crippen LogP contribution in [0.3, 0.4) is 0 Å². The van der Waals surface area contributed by atoms with Gasteiger partial charge in [-0.25, -0.2) is 9.97 Å². The zero-order chi connectivity index (χ0) is 13.2. The number of nitrogens with zero attached hydrogens (tertiary/aromatic N) is 2. The predicted octanol–water partition coefficient (Wildman–Crippen LogP) is 3.89. The van der Waals surface area contributed by atoms with Crippen LogP contribution in [0.5, 0.6) is 0 Å². The van der Waals surface area contributed by atoms with E-state index in [9.17, 15) is 13.2 Å². The monoisotopic (exact) mass is 273 g/mol. The first-order chi connectivity index (χ1) is 8.47. The molecule has 94 valence electrons. The molecule has 0 aliphatic rings. The summed E-state index contributed by atoms with van der Waals surface area (Å²) in [6.07, 6.45) is -3.26. The van der Waals surface area contributed by atoms with Crippen molar-refractivity contribution in [2.24, 2.45) is 0 Å². The van der Waals surface area contributed by atoms with Gasteiger partial charge in [0.1, 0.15) is 17.3 Å². The molecule has 1 aromatic carbocycles. The van der Waals surface area contributed by atoms with E-state index >= 15 is 0 Å². The number of hydrogen-bond acceptors (Lipinski definition) is 3. The molecule has 7 heteroatoms. The molecule has 0 aliphatic carbocycles. The Morgan fingerprint density at radius 3 is 2.50 bits per heavy atom. The van der Waals surface area contributed by atoms with Crippen LogP contribution in [-0.4, -0.2) is 9.97 Å². The van der Waals surface area contributed by atoms with Crippen molar-refractivity contribution in [1.82, 2.24) is 9.97 Å². The Morgan fingerprint density at radius 2 is 1.83 bits per heavy atom. The predicted molar refractivity (Wildman–Crippen MR) is 61.8 cm³/mol. The van der Waals surface area contributed by atoms with E-state index < -0.39 is 11.7 Å². The lowest BCUT2D eigenvalue weighted by atomic mass is 10.1. The van der Waals surface area contributed by atoms with E-state index in [1.54, 1.807) is 0 Å². The van der Waals surface area contributed by atoms with Gasteiger partial charge in [-0.2, -0.15) is 13.2 Å². The van der Waals surface area contributed by atoms with Crippen molar-refractivity contribution in [3.8, 4) is 0 Å². The SMILES string of the molecule is FC(F)(F)c1ccccc1Nc1cc(Cl)ncn1. The summed E-state index contributed by atoms with van der Waals surface area (Å²) < 4.78 is 38.2. The molecule has 0 radical (unpaired) electrons. The average Bonchev–Trinajstić information content (AvgIpc) is 2.28. The maximum Gasteiger partial charge on any atom is 0.418 e. The molecule has 0 bridgehead atoms. The summed E-state index contributed by atoms with van der Waals surface area (Å²) in [7, 11) is 0. The molecule has 0 spiro atoms. The second kappa shape index (κ2) is 4.81. The quantitative estimate of drug-likeness (QED) is 0.844. The van der Waals surface area contributed by atoms with E-state index in [1.165, 1.54) is 30.6 Å². The van der Waals surface area contributed by atoms with Gasteiger partial charge in [0.15, 0.2) is 0 Å². The Labute approximate surface area is 106 Å². The number of rotatable bonds is 2. The van der Waals surface area contributed by atoms with Crippen LogP contribution in [0.2, 0.25) is 5.15 Å². The Kier molecular flexibility index (Phi) is 3.38. The first-order valence-corrected chi connectivity index (χ1v) is 5.25. The zero-order valence-electron chi connectivity index (χ0n) is 8.87. The summed E-state index contributed by atoms with van der Waals surface area (Å²) in [6, 6.07) is 6.47. The van der Waals surface area contributed by atoms with Gasteiger partial charge in [-0.15, -0.1) is 0 Å². The highest BCUT2D eigenvalue weighted by atomic mass is 35.5.